The Morgan fingerprint density at radius 1 is 1.62 bits per heavy atom. The van der Waals surface area contributed by atoms with Gasteiger partial charge in [0.05, 0.1) is 6.04 Å². The first-order valence-corrected chi connectivity index (χ1v) is 6.37. The number of nitrogens with one attached hydrogen (secondary N) is 1. The van der Waals surface area contributed by atoms with Crippen LogP contribution in [-0.2, 0) is 0 Å². The van der Waals surface area contributed by atoms with Crippen LogP contribution >= 0.6 is 11.3 Å². The van der Waals surface area contributed by atoms with Crippen molar-refractivity contribution in [2.75, 3.05) is 0 Å². The van der Waals surface area contributed by atoms with Gasteiger partial charge in [-0.3, -0.25) is 0 Å². The van der Waals surface area contributed by atoms with Crippen molar-refractivity contribution in [1.29, 1.82) is 0 Å². The Balaban J connectivity index is 2.58. The van der Waals surface area contributed by atoms with Gasteiger partial charge in [0.2, 0.25) is 0 Å². The summed E-state index contributed by atoms with van der Waals surface area (Å²) in [5.74, 6) is -0.962. The number of carboxylic acid groups (broad SMARTS) is 1. The highest BCUT2D eigenvalue weighted by molar-refractivity contribution is 7.09. The summed E-state index contributed by atoms with van der Waals surface area (Å²) >= 11 is 1.39. The third-order valence-corrected chi connectivity index (χ3v) is 3.40. The zero-order chi connectivity index (χ0) is 12.1. The van der Waals surface area contributed by atoms with Crippen LogP contribution in [0.3, 0.4) is 0 Å². The number of hydrogen-bond donors (Lipinski definition) is 2. The lowest BCUT2D eigenvalue weighted by Gasteiger charge is -2.17. The van der Waals surface area contributed by atoms with Crippen molar-refractivity contribution in [3.63, 3.8) is 0 Å². The molecule has 2 unspecified atom stereocenters. The van der Waals surface area contributed by atoms with E-state index in [2.05, 4.69) is 24.1 Å². The van der Waals surface area contributed by atoms with Crippen molar-refractivity contribution < 1.29 is 9.90 Å². The van der Waals surface area contributed by atoms with E-state index in [1.54, 1.807) is 5.38 Å². The number of thiazole rings is 1. The van der Waals surface area contributed by atoms with E-state index in [-0.39, 0.29) is 11.7 Å². The molecule has 1 aromatic heterocycles. The number of carboxylic acids is 1. The molecule has 2 N–H and O–H groups in total. The van der Waals surface area contributed by atoms with Crippen LogP contribution in [0.4, 0.5) is 0 Å². The van der Waals surface area contributed by atoms with Gasteiger partial charge in [-0.15, -0.1) is 11.3 Å². The molecule has 0 bridgehead atoms. The zero-order valence-electron chi connectivity index (χ0n) is 9.86. The van der Waals surface area contributed by atoms with Crippen LogP contribution in [-0.4, -0.2) is 22.1 Å². The highest BCUT2D eigenvalue weighted by Crippen LogP contribution is 2.18. The monoisotopic (exact) mass is 242 g/mol. The molecule has 0 aliphatic carbocycles. The number of rotatable bonds is 6. The van der Waals surface area contributed by atoms with Gasteiger partial charge in [-0.05, 0) is 20.3 Å². The topological polar surface area (TPSA) is 62.2 Å². The molecular formula is C11H18N2O2S. The predicted molar refractivity (Wildman–Crippen MR) is 65.0 cm³/mol. The SMILES string of the molecule is CCCC(C)NC(C)c1nc(C(=O)O)cs1. The van der Waals surface area contributed by atoms with Gasteiger partial charge in [-0.25, -0.2) is 9.78 Å². The Morgan fingerprint density at radius 3 is 2.81 bits per heavy atom. The van der Waals surface area contributed by atoms with E-state index in [1.165, 1.54) is 11.3 Å². The first-order valence-electron chi connectivity index (χ1n) is 5.49. The maximum absolute atomic E-state index is 10.7. The van der Waals surface area contributed by atoms with Gasteiger partial charge in [0.25, 0.3) is 0 Å². The second-order valence-electron chi connectivity index (χ2n) is 3.95. The third-order valence-electron chi connectivity index (χ3n) is 2.37. The van der Waals surface area contributed by atoms with E-state index >= 15 is 0 Å². The minimum atomic E-state index is -0.962. The van der Waals surface area contributed by atoms with Crippen LogP contribution in [0.1, 0.15) is 55.2 Å². The minimum Gasteiger partial charge on any atom is -0.476 e. The van der Waals surface area contributed by atoms with E-state index in [0.717, 1.165) is 17.8 Å². The van der Waals surface area contributed by atoms with Gasteiger partial charge in [-0.1, -0.05) is 13.3 Å². The molecule has 0 saturated heterocycles. The number of aromatic carboxylic acids is 1. The highest BCUT2D eigenvalue weighted by Gasteiger charge is 2.15. The molecule has 1 aromatic rings. The second kappa shape index (κ2) is 5.96. The summed E-state index contributed by atoms with van der Waals surface area (Å²) in [4.78, 5) is 14.8. The molecule has 4 nitrogen and oxygen atoms in total. The van der Waals surface area contributed by atoms with Gasteiger partial charge in [0.15, 0.2) is 5.69 Å². The normalized spacial score (nSPS) is 14.7. The summed E-state index contributed by atoms with van der Waals surface area (Å²) in [6.45, 7) is 6.29. The molecule has 0 fully saturated rings. The number of carbonyl (C=O) groups is 1. The molecule has 90 valence electrons. The second-order valence-corrected chi connectivity index (χ2v) is 4.84. The average molecular weight is 242 g/mol. The zero-order valence-corrected chi connectivity index (χ0v) is 10.7. The van der Waals surface area contributed by atoms with E-state index in [1.807, 2.05) is 6.92 Å². The summed E-state index contributed by atoms with van der Waals surface area (Å²) in [6.07, 6.45) is 2.25. The maximum Gasteiger partial charge on any atom is 0.355 e. The van der Waals surface area contributed by atoms with Gasteiger partial charge >= 0.3 is 5.97 Å². The Morgan fingerprint density at radius 2 is 2.31 bits per heavy atom. The fourth-order valence-corrected chi connectivity index (χ4v) is 2.41. The summed E-state index contributed by atoms with van der Waals surface area (Å²) in [5, 5.41) is 14.6. The Bertz CT molecular complexity index is 352. The fourth-order valence-electron chi connectivity index (χ4n) is 1.60. The summed E-state index contributed by atoms with van der Waals surface area (Å²) in [6, 6.07) is 0.539. The van der Waals surface area contributed by atoms with Crippen LogP contribution in [0.5, 0.6) is 0 Å². The molecule has 0 aliphatic heterocycles. The molecule has 16 heavy (non-hydrogen) atoms. The molecule has 0 spiro atoms. The Hall–Kier alpha value is -0.940. The molecular weight excluding hydrogens is 224 g/mol. The van der Waals surface area contributed by atoms with Gasteiger partial charge in [-0.2, -0.15) is 0 Å². The van der Waals surface area contributed by atoms with Gasteiger partial charge < -0.3 is 10.4 Å². The molecule has 2 atom stereocenters. The summed E-state index contributed by atoms with van der Waals surface area (Å²) in [7, 11) is 0. The Kier molecular flexibility index (Phi) is 4.89. The van der Waals surface area contributed by atoms with Crippen molar-refractivity contribution in [2.45, 2.75) is 45.7 Å². The van der Waals surface area contributed by atoms with Crippen LogP contribution < -0.4 is 5.32 Å². The average Bonchev–Trinajstić information content (AvgIpc) is 2.66. The van der Waals surface area contributed by atoms with E-state index in [0.29, 0.717) is 6.04 Å². The van der Waals surface area contributed by atoms with Gasteiger partial charge in [0, 0.05) is 11.4 Å². The lowest BCUT2D eigenvalue weighted by atomic mass is 10.2. The van der Waals surface area contributed by atoms with Crippen molar-refractivity contribution in [3.05, 3.63) is 16.1 Å². The summed E-state index contributed by atoms with van der Waals surface area (Å²) < 4.78 is 0. The number of nitrogens with zero attached hydrogens (tertiary/aromatic N) is 1. The van der Waals surface area contributed by atoms with Crippen LogP contribution in [0.25, 0.3) is 0 Å². The fraction of sp³-hybridized carbons (Fsp3) is 0.636. The van der Waals surface area contributed by atoms with Crippen molar-refractivity contribution in [1.82, 2.24) is 10.3 Å². The molecule has 0 aliphatic rings. The minimum absolute atomic E-state index is 0.111. The molecule has 1 rings (SSSR count). The molecule has 0 radical (unpaired) electrons. The molecule has 1 heterocycles. The van der Waals surface area contributed by atoms with Crippen molar-refractivity contribution >= 4 is 17.3 Å². The van der Waals surface area contributed by atoms with Gasteiger partial charge in [0.1, 0.15) is 5.01 Å². The van der Waals surface area contributed by atoms with Crippen LogP contribution in [0, 0.1) is 0 Å². The van der Waals surface area contributed by atoms with E-state index in [4.69, 9.17) is 5.11 Å². The van der Waals surface area contributed by atoms with E-state index in [9.17, 15) is 4.79 Å². The lowest BCUT2D eigenvalue weighted by Crippen LogP contribution is -2.28. The van der Waals surface area contributed by atoms with Crippen molar-refractivity contribution in [3.8, 4) is 0 Å². The Labute approximate surface area is 99.7 Å². The smallest absolute Gasteiger partial charge is 0.355 e. The molecule has 0 saturated carbocycles. The summed E-state index contributed by atoms with van der Waals surface area (Å²) in [5.41, 5.74) is 0.136. The van der Waals surface area contributed by atoms with Crippen LogP contribution in [0.2, 0.25) is 0 Å². The predicted octanol–water partition coefficient (Wildman–Crippen LogP) is 2.68. The molecule has 0 aromatic carbocycles. The standard InChI is InChI=1S/C11H18N2O2S/c1-4-5-7(2)12-8(3)10-13-9(6-16-10)11(14)15/h6-8,12H,4-5H2,1-3H3,(H,14,15). The number of aromatic nitrogens is 1. The number of hydrogen-bond acceptors (Lipinski definition) is 4. The van der Waals surface area contributed by atoms with Crippen molar-refractivity contribution in [2.24, 2.45) is 0 Å². The molecule has 0 amide bonds. The third kappa shape index (κ3) is 3.57. The maximum atomic E-state index is 10.7. The highest BCUT2D eigenvalue weighted by atomic mass is 32.1. The first-order chi connectivity index (χ1) is 7.54. The lowest BCUT2D eigenvalue weighted by molar-refractivity contribution is 0.0691. The van der Waals surface area contributed by atoms with E-state index < -0.39 is 5.97 Å². The largest absolute Gasteiger partial charge is 0.476 e. The quantitative estimate of drug-likeness (QED) is 0.805. The molecule has 5 heteroatoms. The van der Waals surface area contributed by atoms with Crippen LogP contribution in [0.15, 0.2) is 5.38 Å². The first kappa shape index (κ1) is 13.1.